The van der Waals surface area contributed by atoms with Crippen LogP contribution >= 0.6 is 0 Å². The van der Waals surface area contributed by atoms with Crippen LogP contribution in [0.5, 0.6) is 5.75 Å². The first-order valence-corrected chi connectivity index (χ1v) is 10.9. The van der Waals surface area contributed by atoms with Crippen LogP contribution in [-0.2, 0) is 20.8 Å². The molecule has 2 aromatic rings. The van der Waals surface area contributed by atoms with Crippen molar-refractivity contribution in [3.05, 3.63) is 35.3 Å². The Hall–Kier alpha value is -2.29. The van der Waals surface area contributed by atoms with Gasteiger partial charge in [-0.05, 0) is 37.5 Å². The number of methoxy groups -OCH3 is 1. The van der Waals surface area contributed by atoms with E-state index in [1.54, 1.807) is 7.11 Å². The second-order valence-electron chi connectivity index (χ2n) is 8.21. The molecule has 1 saturated carbocycles. The minimum atomic E-state index is -0.487. The molecule has 2 aliphatic rings. The number of hydrogen-bond acceptors (Lipinski definition) is 6. The molecule has 0 unspecified atom stereocenters. The van der Waals surface area contributed by atoms with Gasteiger partial charge in [0.15, 0.2) is 0 Å². The molecule has 1 aliphatic heterocycles. The summed E-state index contributed by atoms with van der Waals surface area (Å²) in [6.45, 7) is 4.97. The third kappa shape index (κ3) is 5.31. The van der Waals surface area contributed by atoms with Crippen LogP contribution in [0, 0.1) is 12.7 Å². The van der Waals surface area contributed by atoms with Crippen LogP contribution in [-0.4, -0.2) is 68.0 Å². The van der Waals surface area contributed by atoms with E-state index < -0.39 is 6.10 Å². The molecular weight excluding hydrogens is 401 g/mol. The highest BCUT2D eigenvalue weighted by Crippen LogP contribution is 2.32. The number of fused-ring (bicyclic) bond motifs is 1. The van der Waals surface area contributed by atoms with Gasteiger partial charge in [0.1, 0.15) is 23.2 Å². The van der Waals surface area contributed by atoms with E-state index in [4.69, 9.17) is 14.2 Å². The summed E-state index contributed by atoms with van der Waals surface area (Å²) in [7, 11) is 1.65. The molecule has 1 aromatic heterocycles. The van der Waals surface area contributed by atoms with Gasteiger partial charge in [0.25, 0.3) is 5.91 Å². The van der Waals surface area contributed by atoms with Crippen molar-refractivity contribution >= 4 is 16.8 Å². The quantitative estimate of drug-likeness (QED) is 0.616. The number of nitrogens with one attached hydrogen (secondary N) is 1. The number of benzene rings is 1. The fourth-order valence-electron chi connectivity index (χ4n) is 3.88. The first kappa shape index (κ1) is 21.9. The van der Waals surface area contributed by atoms with Crippen molar-refractivity contribution in [1.82, 2.24) is 15.2 Å². The molecule has 0 spiro atoms. The van der Waals surface area contributed by atoms with Crippen LogP contribution in [0.15, 0.2) is 18.2 Å². The second-order valence-corrected chi connectivity index (χ2v) is 8.21. The summed E-state index contributed by atoms with van der Waals surface area (Å²) >= 11 is 0. The number of pyridine rings is 1. The third-order valence-corrected chi connectivity index (χ3v) is 5.58. The number of morpholine rings is 1. The van der Waals surface area contributed by atoms with E-state index in [0.717, 1.165) is 31.4 Å². The number of hydrogen-bond donors (Lipinski definition) is 1. The van der Waals surface area contributed by atoms with Gasteiger partial charge < -0.3 is 24.4 Å². The molecule has 2 fully saturated rings. The number of carbonyl (C=O) groups excluding carboxylic acids is 1. The SMILES string of the molecule is COCCCOc1cc(CN(C(=O)[C@H]2CNCCO2)C2CC2)nc2c(F)cc(C)cc12. The van der Waals surface area contributed by atoms with E-state index >= 15 is 0 Å². The Morgan fingerprint density at radius 3 is 2.87 bits per heavy atom. The zero-order valence-electron chi connectivity index (χ0n) is 18.2. The Labute approximate surface area is 181 Å². The lowest BCUT2D eigenvalue weighted by Crippen LogP contribution is -2.49. The molecule has 4 rings (SSSR count). The summed E-state index contributed by atoms with van der Waals surface area (Å²) in [5, 5.41) is 3.85. The van der Waals surface area contributed by atoms with Gasteiger partial charge in [-0.1, -0.05) is 0 Å². The highest BCUT2D eigenvalue weighted by atomic mass is 19.1. The maximum atomic E-state index is 14.8. The standard InChI is InChI=1S/C23H30FN3O4/c1-15-10-18-20(30-8-3-7-29-2)12-16(26-22(18)19(24)11-15)14-27(17-4-5-17)23(28)21-13-25-6-9-31-21/h10-12,17,21,25H,3-9,13-14H2,1-2H3/t21-/m1/s1. The molecule has 8 heteroatoms. The molecule has 2 heterocycles. The average molecular weight is 432 g/mol. The van der Waals surface area contributed by atoms with Crippen molar-refractivity contribution in [2.75, 3.05) is 40.0 Å². The maximum absolute atomic E-state index is 14.8. The molecule has 1 N–H and O–H groups in total. The zero-order chi connectivity index (χ0) is 21.8. The predicted octanol–water partition coefficient (Wildman–Crippen LogP) is 2.58. The van der Waals surface area contributed by atoms with Gasteiger partial charge in [-0.3, -0.25) is 4.79 Å². The minimum Gasteiger partial charge on any atom is -0.493 e. The Morgan fingerprint density at radius 2 is 2.16 bits per heavy atom. The summed E-state index contributed by atoms with van der Waals surface area (Å²) < 4.78 is 31.5. The molecule has 1 saturated heterocycles. The zero-order valence-corrected chi connectivity index (χ0v) is 18.2. The van der Waals surface area contributed by atoms with Gasteiger partial charge in [0.05, 0.1) is 25.5 Å². The van der Waals surface area contributed by atoms with Gasteiger partial charge in [-0.25, -0.2) is 9.37 Å². The van der Waals surface area contributed by atoms with Crippen LogP contribution < -0.4 is 10.1 Å². The van der Waals surface area contributed by atoms with Crippen LogP contribution in [0.2, 0.25) is 0 Å². The van der Waals surface area contributed by atoms with Gasteiger partial charge in [-0.15, -0.1) is 0 Å². The number of nitrogens with zero attached hydrogens (tertiary/aromatic N) is 2. The van der Waals surface area contributed by atoms with Crippen LogP contribution in [0.4, 0.5) is 4.39 Å². The smallest absolute Gasteiger partial charge is 0.253 e. The summed E-state index contributed by atoms with van der Waals surface area (Å²) in [6, 6.07) is 5.37. The molecule has 168 valence electrons. The fraction of sp³-hybridized carbons (Fsp3) is 0.565. The number of carbonyl (C=O) groups is 1. The largest absolute Gasteiger partial charge is 0.493 e. The van der Waals surface area contributed by atoms with Crippen molar-refractivity contribution in [1.29, 1.82) is 0 Å². The van der Waals surface area contributed by atoms with E-state index in [9.17, 15) is 9.18 Å². The number of ether oxygens (including phenoxy) is 3. The van der Waals surface area contributed by atoms with Crippen LogP contribution in [0.25, 0.3) is 10.9 Å². The van der Waals surface area contributed by atoms with E-state index in [0.29, 0.717) is 49.7 Å². The topological polar surface area (TPSA) is 72.9 Å². The molecule has 7 nitrogen and oxygen atoms in total. The highest BCUT2D eigenvalue weighted by Gasteiger charge is 2.37. The Balaban J connectivity index is 1.61. The number of aromatic nitrogens is 1. The molecule has 31 heavy (non-hydrogen) atoms. The van der Waals surface area contributed by atoms with Gasteiger partial charge in [-0.2, -0.15) is 0 Å². The summed E-state index contributed by atoms with van der Waals surface area (Å²) in [4.78, 5) is 19.5. The lowest BCUT2D eigenvalue weighted by Gasteiger charge is -2.30. The summed E-state index contributed by atoms with van der Waals surface area (Å²) in [5.74, 6) is 0.156. The van der Waals surface area contributed by atoms with Crippen LogP contribution in [0.3, 0.4) is 0 Å². The van der Waals surface area contributed by atoms with Crippen molar-refractivity contribution < 1.29 is 23.4 Å². The second kappa shape index (κ2) is 9.89. The highest BCUT2D eigenvalue weighted by molar-refractivity contribution is 5.87. The van der Waals surface area contributed by atoms with Gasteiger partial charge in [0, 0.05) is 50.7 Å². The van der Waals surface area contributed by atoms with E-state index in [2.05, 4.69) is 10.3 Å². The van der Waals surface area contributed by atoms with E-state index in [1.165, 1.54) is 6.07 Å². The van der Waals surface area contributed by atoms with Crippen molar-refractivity contribution in [2.45, 2.75) is 44.9 Å². The maximum Gasteiger partial charge on any atom is 0.253 e. The first-order chi connectivity index (χ1) is 15.1. The molecular formula is C23H30FN3O4. The molecule has 1 amide bonds. The molecule has 1 aliphatic carbocycles. The minimum absolute atomic E-state index is 0.0384. The number of amides is 1. The Morgan fingerprint density at radius 1 is 1.32 bits per heavy atom. The Kier molecular flexibility index (Phi) is 6.99. The number of rotatable bonds is 9. The molecule has 0 bridgehead atoms. The fourth-order valence-corrected chi connectivity index (χ4v) is 3.88. The van der Waals surface area contributed by atoms with E-state index in [-0.39, 0.29) is 23.3 Å². The third-order valence-electron chi connectivity index (χ3n) is 5.58. The summed E-state index contributed by atoms with van der Waals surface area (Å²) in [6.07, 6.45) is 2.17. The van der Waals surface area contributed by atoms with E-state index in [1.807, 2.05) is 24.0 Å². The van der Waals surface area contributed by atoms with Crippen molar-refractivity contribution in [2.24, 2.45) is 0 Å². The predicted molar refractivity (Wildman–Crippen MR) is 115 cm³/mol. The normalized spacial score (nSPS) is 18.9. The van der Waals surface area contributed by atoms with Crippen LogP contribution in [0.1, 0.15) is 30.5 Å². The summed E-state index contributed by atoms with van der Waals surface area (Å²) in [5.41, 5.74) is 1.68. The van der Waals surface area contributed by atoms with Crippen molar-refractivity contribution in [3.8, 4) is 5.75 Å². The number of halogens is 1. The molecule has 1 aromatic carbocycles. The molecule has 0 radical (unpaired) electrons. The number of aryl methyl sites for hydroxylation is 1. The first-order valence-electron chi connectivity index (χ1n) is 10.9. The lowest BCUT2D eigenvalue weighted by molar-refractivity contribution is -0.146. The lowest BCUT2D eigenvalue weighted by atomic mass is 10.1. The Bertz CT molecular complexity index is 929. The molecule has 1 atom stereocenters. The average Bonchev–Trinajstić information content (AvgIpc) is 3.61. The van der Waals surface area contributed by atoms with Gasteiger partial charge in [0.2, 0.25) is 0 Å². The van der Waals surface area contributed by atoms with Gasteiger partial charge >= 0.3 is 0 Å². The van der Waals surface area contributed by atoms with Crippen molar-refractivity contribution in [3.63, 3.8) is 0 Å². The monoisotopic (exact) mass is 431 g/mol.